The van der Waals surface area contributed by atoms with Crippen LogP contribution in [0.15, 0.2) is 24.3 Å². The van der Waals surface area contributed by atoms with Gasteiger partial charge in [-0.05, 0) is 109 Å². The number of hydrogen-bond donors (Lipinski definition) is 4. The largest absolute Gasteiger partial charge is 0.380 e. The molecule has 3 aromatic heterocycles. The minimum Gasteiger partial charge on any atom is -0.380 e. The Hall–Kier alpha value is -3.22. The zero-order valence-electron chi connectivity index (χ0n) is 26.8. The highest BCUT2D eigenvalue weighted by Crippen LogP contribution is 2.48. The Balaban J connectivity index is 2.06. The van der Waals surface area contributed by atoms with Crippen LogP contribution in [0.1, 0.15) is 126 Å². The predicted molar refractivity (Wildman–Crippen MR) is 174 cm³/mol. The van der Waals surface area contributed by atoms with E-state index < -0.39 is 11.2 Å². The lowest BCUT2D eigenvalue weighted by atomic mass is 9.77. The summed E-state index contributed by atoms with van der Waals surface area (Å²) in [6.45, 7) is 17.0. The molecule has 0 saturated carbocycles. The van der Waals surface area contributed by atoms with Crippen LogP contribution in [-0.4, -0.2) is 30.1 Å². The molecule has 0 spiro atoms. The van der Waals surface area contributed by atoms with Gasteiger partial charge in [-0.2, -0.15) is 0 Å². The minimum absolute atomic E-state index is 0.343. The molecular formula is C36H48N4O2. The molecule has 224 valence electrons. The lowest BCUT2D eigenvalue weighted by Gasteiger charge is -2.36. The van der Waals surface area contributed by atoms with Crippen LogP contribution < -0.4 is 0 Å². The third-order valence-corrected chi connectivity index (χ3v) is 9.83. The molecule has 0 aromatic carbocycles. The van der Waals surface area contributed by atoms with Gasteiger partial charge in [0.1, 0.15) is 11.2 Å². The predicted octanol–water partition coefficient (Wildman–Crippen LogP) is 8.19. The molecule has 2 aliphatic heterocycles. The van der Waals surface area contributed by atoms with Gasteiger partial charge in [-0.25, -0.2) is 4.98 Å². The van der Waals surface area contributed by atoms with E-state index in [0.717, 1.165) is 72.0 Å². The molecular weight excluding hydrogens is 520 g/mol. The highest BCUT2D eigenvalue weighted by Gasteiger charge is 2.55. The maximum absolute atomic E-state index is 12.2. The van der Waals surface area contributed by atoms with Gasteiger partial charge in [0.25, 0.3) is 0 Å². The zero-order valence-corrected chi connectivity index (χ0v) is 26.8. The molecule has 6 heteroatoms. The van der Waals surface area contributed by atoms with Crippen LogP contribution in [-0.2, 0) is 36.9 Å². The first-order valence-electron chi connectivity index (χ1n) is 16.1. The molecule has 6 nitrogen and oxygen atoms in total. The number of aromatic nitrogens is 4. The van der Waals surface area contributed by atoms with Crippen molar-refractivity contribution < 1.29 is 10.2 Å². The van der Waals surface area contributed by atoms with Crippen molar-refractivity contribution in [1.29, 1.82) is 0 Å². The van der Waals surface area contributed by atoms with E-state index in [-0.39, 0.29) is 0 Å². The number of rotatable bonds is 8. The van der Waals surface area contributed by atoms with Crippen molar-refractivity contribution >= 4 is 33.2 Å². The molecule has 0 fully saturated rings. The highest BCUT2D eigenvalue weighted by molar-refractivity contribution is 5.93. The van der Waals surface area contributed by atoms with Crippen LogP contribution in [0.3, 0.4) is 0 Å². The van der Waals surface area contributed by atoms with Crippen LogP contribution in [0.4, 0.5) is 0 Å². The summed E-state index contributed by atoms with van der Waals surface area (Å²) in [4.78, 5) is 17.6. The first kappa shape index (κ1) is 30.2. The zero-order chi connectivity index (χ0) is 30.4. The van der Waals surface area contributed by atoms with Gasteiger partial charge in [0.05, 0.1) is 22.8 Å². The van der Waals surface area contributed by atoms with Crippen molar-refractivity contribution in [3.8, 4) is 0 Å². The summed E-state index contributed by atoms with van der Waals surface area (Å²) in [5.41, 5.74) is 11.6. The summed E-state index contributed by atoms with van der Waals surface area (Å²) in [5, 5.41) is 24.3. The van der Waals surface area contributed by atoms with Gasteiger partial charge >= 0.3 is 0 Å². The molecule has 0 aliphatic carbocycles. The maximum Gasteiger partial charge on any atom is 0.140 e. The standard InChI is InChI=1S/C36H48N4O2/c1-9-21-22(10-2)28-18-30-24(12-4)26(14-6)32(39-30)20-34-36(42,16-8)35(41,15-7)33(40-34)19-31-25(13-5)23(11-3)29(38-31)17-27(21)37-28/h17-20,38-39,41-42H,9-16H2,1-8H3. The number of allylic oxidation sites excluding steroid dienone is 2. The number of fused-ring (bicyclic) bond motifs is 8. The average Bonchev–Trinajstić information content (AvgIpc) is 3.68. The topological polar surface area (TPSA) is 97.8 Å². The quantitative estimate of drug-likeness (QED) is 0.220. The molecule has 8 bridgehead atoms. The van der Waals surface area contributed by atoms with Crippen molar-refractivity contribution in [3.63, 3.8) is 0 Å². The van der Waals surface area contributed by atoms with Crippen LogP contribution in [0.5, 0.6) is 0 Å². The summed E-state index contributed by atoms with van der Waals surface area (Å²) in [5.74, 6) is 0. The fraction of sp³-hybridized carbons (Fsp3) is 0.500. The molecule has 0 radical (unpaired) electrons. The highest BCUT2D eigenvalue weighted by atomic mass is 16.4. The molecule has 0 saturated heterocycles. The van der Waals surface area contributed by atoms with Crippen molar-refractivity contribution in [1.82, 2.24) is 19.9 Å². The van der Waals surface area contributed by atoms with E-state index in [0.29, 0.717) is 24.2 Å². The molecule has 42 heavy (non-hydrogen) atoms. The van der Waals surface area contributed by atoms with Gasteiger partial charge in [-0.3, -0.25) is 4.98 Å². The normalized spacial score (nSPS) is 20.5. The van der Waals surface area contributed by atoms with Crippen LogP contribution in [0.25, 0.3) is 33.2 Å². The van der Waals surface area contributed by atoms with Gasteiger partial charge in [-0.1, -0.05) is 55.4 Å². The van der Waals surface area contributed by atoms with Gasteiger partial charge in [0, 0.05) is 22.1 Å². The summed E-state index contributed by atoms with van der Waals surface area (Å²) < 4.78 is 0. The molecule has 5 heterocycles. The van der Waals surface area contributed by atoms with Gasteiger partial charge in [-0.15, -0.1) is 0 Å². The third-order valence-electron chi connectivity index (χ3n) is 9.83. The second kappa shape index (κ2) is 11.5. The van der Waals surface area contributed by atoms with E-state index in [2.05, 4.69) is 63.6 Å². The van der Waals surface area contributed by atoms with Crippen molar-refractivity contribution in [2.24, 2.45) is 0 Å². The Morgan fingerprint density at radius 1 is 0.500 bits per heavy atom. The molecule has 2 unspecified atom stereocenters. The first-order chi connectivity index (χ1) is 20.2. The minimum atomic E-state index is -1.51. The Kier molecular flexibility index (Phi) is 8.25. The summed E-state index contributed by atoms with van der Waals surface area (Å²) >= 11 is 0. The van der Waals surface area contributed by atoms with Crippen molar-refractivity contribution in [2.45, 2.75) is 118 Å². The van der Waals surface area contributed by atoms with Gasteiger partial charge in [0.15, 0.2) is 0 Å². The van der Waals surface area contributed by atoms with Crippen LogP contribution in [0, 0.1) is 0 Å². The molecule has 0 amide bonds. The number of nitrogens with zero attached hydrogens (tertiary/aromatic N) is 2. The maximum atomic E-state index is 12.2. The molecule has 4 N–H and O–H groups in total. The lowest BCUT2D eigenvalue weighted by Crippen LogP contribution is -2.45. The lowest BCUT2D eigenvalue weighted by molar-refractivity contribution is -0.162. The van der Waals surface area contributed by atoms with Gasteiger partial charge in [0.2, 0.25) is 0 Å². The Labute approximate surface area is 250 Å². The second-order valence-corrected chi connectivity index (χ2v) is 11.7. The average molecular weight is 569 g/mol. The number of nitrogens with one attached hydrogen (secondary N) is 2. The Bertz CT molecular complexity index is 1590. The summed E-state index contributed by atoms with van der Waals surface area (Å²) in [7, 11) is 0. The van der Waals surface area contributed by atoms with E-state index in [9.17, 15) is 10.2 Å². The van der Waals surface area contributed by atoms with Crippen molar-refractivity contribution in [3.05, 3.63) is 69.3 Å². The smallest absolute Gasteiger partial charge is 0.140 e. The Morgan fingerprint density at radius 2 is 0.833 bits per heavy atom. The van der Waals surface area contributed by atoms with E-state index in [1.165, 1.54) is 33.4 Å². The van der Waals surface area contributed by atoms with E-state index in [1.54, 1.807) is 0 Å². The summed E-state index contributed by atoms with van der Waals surface area (Å²) in [6.07, 6.45) is 5.95. The number of aliphatic hydroxyl groups is 2. The number of H-pyrrole nitrogens is 2. The fourth-order valence-corrected chi connectivity index (χ4v) is 7.49. The first-order valence-corrected chi connectivity index (χ1v) is 16.1. The Morgan fingerprint density at radius 3 is 1.12 bits per heavy atom. The number of aromatic amines is 2. The van der Waals surface area contributed by atoms with Crippen molar-refractivity contribution in [2.75, 3.05) is 0 Å². The third kappa shape index (κ3) is 4.37. The fourth-order valence-electron chi connectivity index (χ4n) is 7.49. The van der Waals surface area contributed by atoms with Gasteiger partial charge < -0.3 is 20.2 Å². The number of aryl methyl sites for hydroxylation is 4. The monoisotopic (exact) mass is 568 g/mol. The number of hydrogen-bond acceptors (Lipinski definition) is 4. The SMILES string of the molecule is CCC1=C(CC)c2cc3[nH]c(cc4nc(cc5[nH]c(cc1n2)c(CC)c5CC)C(O)(CC)C4(O)CC)c(CC)c3CC. The molecule has 3 aromatic rings. The molecule has 5 rings (SSSR count). The van der Waals surface area contributed by atoms with Crippen LogP contribution >= 0.6 is 0 Å². The molecule has 2 aliphatic rings. The van der Waals surface area contributed by atoms with E-state index in [1.807, 2.05) is 26.0 Å². The molecule has 2 atom stereocenters. The van der Waals surface area contributed by atoms with Crippen LogP contribution in [0.2, 0.25) is 0 Å². The second-order valence-electron chi connectivity index (χ2n) is 11.7. The summed E-state index contributed by atoms with van der Waals surface area (Å²) in [6, 6.07) is 8.37. The van der Waals surface area contributed by atoms with E-state index in [4.69, 9.17) is 9.97 Å². The van der Waals surface area contributed by atoms with E-state index >= 15 is 0 Å².